The summed E-state index contributed by atoms with van der Waals surface area (Å²) in [7, 11) is 0. The predicted molar refractivity (Wildman–Crippen MR) is 73.3 cm³/mol. The normalized spacial score (nSPS) is 13.5. The monoisotopic (exact) mass is 236 g/mol. The molecular formula is C15H13BO2. The van der Waals surface area contributed by atoms with Crippen LogP contribution in [-0.2, 0) is 11.3 Å². The maximum Gasteiger partial charge on any atom is 0.324 e. The van der Waals surface area contributed by atoms with Crippen molar-refractivity contribution < 1.29 is 9.45 Å². The minimum atomic E-state index is 0.200. The number of benzene rings is 2. The number of fused-ring (bicyclic) bond motifs is 1. The van der Waals surface area contributed by atoms with Crippen LogP contribution in [0.15, 0.2) is 42.5 Å². The average molecular weight is 236 g/mol. The zero-order valence-corrected chi connectivity index (χ0v) is 10.2. The zero-order chi connectivity index (χ0) is 12.5. The van der Waals surface area contributed by atoms with Gasteiger partial charge in [-0.2, -0.15) is 0 Å². The molecule has 0 N–H and O–H groups in total. The molecule has 1 aliphatic rings. The summed E-state index contributed by atoms with van der Waals surface area (Å²) in [6, 6.07) is 14.1. The Labute approximate surface area is 107 Å². The lowest BCUT2D eigenvalue weighted by atomic mass is 9.64. The molecule has 0 aliphatic carbocycles. The first-order chi connectivity index (χ1) is 8.78. The van der Waals surface area contributed by atoms with Gasteiger partial charge in [-0.1, -0.05) is 43.2 Å². The largest absolute Gasteiger partial charge is 0.427 e. The molecule has 2 aromatic carbocycles. The van der Waals surface area contributed by atoms with Gasteiger partial charge in [0.15, 0.2) is 0 Å². The van der Waals surface area contributed by atoms with Gasteiger partial charge < -0.3 is 4.65 Å². The standard InChI is InChI=1S/C15H13BO2/c1-16-15-7-6-13(8-14(15)10-18-16)12-4-2-11(9-17)3-5-12/h2-9H,10H2,1H3. The van der Waals surface area contributed by atoms with E-state index in [1.807, 2.05) is 24.3 Å². The summed E-state index contributed by atoms with van der Waals surface area (Å²) in [6.07, 6.45) is 0.863. The SMILES string of the molecule is CB1OCc2cc(-c3ccc(C=O)cc3)ccc21. The van der Waals surface area contributed by atoms with Crippen LogP contribution >= 0.6 is 0 Å². The first-order valence-electron chi connectivity index (χ1n) is 6.08. The molecule has 0 fully saturated rings. The number of rotatable bonds is 2. The lowest BCUT2D eigenvalue weighted by Crippen LogP contribution is -2.23. The van der Waals surface area contributed by atoms with E-state index >= 15 is 0 Å². The molecule has 2 nitrogen and oxygen atoms in total. The molecule has 0 atom stereocenters. The summed E-state index contributed by atoms with van der Waals surface area (Å²) in [5.74, 6) is 0. The van der Waals surface area contributed by atoms with E-state index in [0.717, 1.165) is 11.8 Å². The minimum absolute atomic E-state index is 0.200. The van der Waals surface area contributed by atoms with Crippen LogP contribution in [0.25, 0.3) is 11.1 Å². The second-order valence-corrected chi connectivity index (χ2v) is 4.61. The highest BCUT2D eigenvalue weighted by atomic mass is 16.4. The van der Waals surface area contributed by atoms with Gasteiger partial charge in [0, 0.05) is 5.56 Å². The van der Waals surface area contributed by atoms with Crippen molar-refractivity contribution in [2.24, 2.45) is 0 Å². The second kappa shape index (κ2) is 4.43. The molecule has 0 saturated heterocycles. The maximum atomic E-state index is 10.6. The van der Waals surface area contributed by atoms with Gasteiger partial charge in [0.2, 0.25) is 0 Å². The van der Waals surface area contributed by atoms with Crippen molar-refractivity contribution in [3.63, 3.8) is 0 Å². The van der Waals surface area contributed by atoms with E-state index in [-0.39, 0.29) is 6.92 Å². The first-order valence-corrected chi connectivity index (χ1v) is 6.08. The molecule has 3 rings (SSSR count). The zero-order valence-electron chi connectivity index (χ0n) is 10.2. The molecule has 0 bridgehead atoms. The molecule has 3 heteroatoms. The van der Waals surface area contributed by atoms with Gasteiger partial charge >= 0.3 is 6.92 Å². The third-order valence-corrected chi connectivity index (χ3v) is 3.45. The highest BCUT2D eigenvalue weighted by Crippen LogP contribution is 2.22. The Morgan fingerprint density at radius 3 is 2.56 bits per heavy atom. The molecule has 0 saturated carbocycles. The summed E-state index contributed by atoms with van der Waals surface area (Å²) >= 11 is 0. The molecule has 18 heavy (non-hydrogen) atoms. The lowest BCUT2D eigenvalue weighted by Gasteiger charge is -2.05. The molecule has 0 unspecified atom stereocenters. The Bertz CT molecular complexity index is 590. The van der Waals surface area contributed by atoms with E-state index in [0.29, 0.717) is 12.2 Å². The fraction of sp³-hybridized carbons (Fsp3) is 0.133. The van der Waals surface area contributed by atoms with Gasteiger partial charge in [-0.05, 0) is 28.2 Å². The summed E-state index contributed by atoms with van der Waals surface area (Å²) < 4.78 is 5.60. The molecule has 88 valence electrons. The van der Waals surface area contributed by atoms with Gasteiger partial charge in [0.25, 0.3) is 0 Å². The number of hydrogen-bond donors (Lipinski definition) is 0. The van der Waals surface area contributed by atoms with Gasteiger partial charge in [-0.15, -0.1) is 0 Å². The molecule has 0 aromatic heterocycles. The van der Waals surface area contributed by atoms with Gasteiger partial charge in [-0.25, -0.2) is 0 Å². The molecule has 0 radical (unpaired) electrons. The highest BCUT2D eigenvalue weighted by molar-refractivity contribution is 6.67. The molecule has 2 aromatic rings. The smallest absolute Gasteiger partial charge is 0.324 e. The fourth-order valence-electron chi connectivity index (χ4n) is 2.37. The second-order valence-electron chi connectivity index (χ2n) is 4.61. The summed E-state index contributed by atoms with van der Waals surface area (Å²) in [5.41, 5.74) is 5.55. The van der Waals surface area contributed by atoms with Crippen LogP contribution in [0.2, 0.25) is 6.82 Å². The number of carbonyl (C=O) groups excluding carboxylic acids is 1. The van der Waals surface area contributed by atoms with Crippen LogP contribution in [-0.4, -0.2) is 13.2 Å². The van der Waals surface area contributed by atoms with Crippen molar-refractivity contribution in [2.75, 3.05) is 0 Å². The van der Waals surface area contributed by atoms with Crippen LogP contribution in [0.3, 0.4) is 0 Å². The Kier molecular flexibility index (Phi) is 2.76. The topological polar surface area (TPSA) is 26.3 Å². The average Bonchev–Trinajstić information content (AvgIpc) is 2.80. The number of aldehydes is 1. The Morgan fingerprint density at radius 1 is 1.11 bits per heavy atom. The summed E-state index contributed by atoms with van der Waals surface area (Å²) in [6.45, 7) is 2.97. The summed E-state index contributed by atoms with van der Waals surface area (Å²) in [4.78, 5) is 10.6. The predicted octanol–water partition coefficient (Wildman–Crippen LogP) is 2.52. The molecule has 1 heterocycles. The van der Waals surface area contributed by atoms with Crippen LogP contribution in [0.4, 0.5) is 0 Å². The van der Waals surface area contributed by atoms with Crippen LogP contribution < -0.4 is 5.46 Å². The van der Waals surface area contributed by atoms with E-state index in [1.165, 1.54) is 16.6 Å². The van der Waals surface area contributed by atoms with Crippen molar-refractivity contribution in [1.29, 1.82) is 0 Å². The first kappa shape index (κ1) is 11.2. The third-order valence-electron chi connectivity index (χ3n) is 3.45. The van der Waals surface area contributed by atoms with Crippen molar-refractivity contribution in [2.45, 2.75) is 13.4 Å². The van der Waals surface area contributed by atoms with Crippen molar-refractivity contribution >= 4 is 18.7 Å². The lowest BCUT2D eigenvalue weighted by molar-refractivity contribution is 0.112. The maximum absolute atomic E-state index is 10.6. The van der Waals surface area contributed by atoms with E-state index < -0.39 is 0 Å². The third kappa shape index (κ3) is 1.87. The van der Waals surface area contributed by atoms with Crippen molar-refractivity contribution in [1.82, 2.24) is 0 Å². The molecular weight excluding hydrogens is 223 g/mol. The quantitative estimate of drug-likeness (QED) is 0.591. The van der Waals surface area contributed by atoms with Gasteiger partial charge in [0.1, 0.15) is 6.29 Å². The Morgan fingerprint density at radius 2 is 1.83 bits per heavy atom. The van der Waals surface area contributed by atoms with Gasteiger partial charge in [0.05, 0.1) is 6.61 Å². The van der Waals surface area contributed by atoms with E-state index in [1.54, 1.807) is 0 Å². The van der Waals surface area contributed by atoms with E-state index in [2.05, 4.69) is 25.0 Å². The van der Waals surface area contributed by atoms with Crippen LogP contribution in [0.5, 0.6) is 0 Å². The Balaban J connectivity index is 1.99. The van der Waals surface area contributed by atoms with Crippen LogP contribution in [0, 0.1) is 0 Å². The van der Waals surface area contributed by atoms with Crippen LogP contribution in [0.1, 0.15) is 15.9 Å². The fourth-order valence-corrected chi connectivity index (χ4v) is 2.37. The minimum Gasteiger partial charge on any atom is -0.427 e. The molecule has 0 amide bonds. The van der Waals surface area contributed by atoms with Gasteiger partial charge in [-0.3, -0.25) is 4.79 Å². The van der Waals surface area contributed by atoms with Crippen molar-refractivity contribution in [3.05, 3.63) is 53.6 Å². The van der Waals surface area contributed by atoms with E-state index in [4.69, 9.17) is 4.65 Å². The Hall–Kier alpha value is -1.87. The number of hydrogen-bond acceptors (Lipinski definition) is 2. The summed E-state index contributed by atoms with van der Waals surface area (Å²) in [5, 5.41) is 0. The highest BCUT2D eigenvalue weighted by Gasteiger charge is 2.23. The molecule has 0 spiro atoms. The number of carbonyl (C=O) groups is 1. The van der Waals surface area contributed by atoms with Crippen molar-refractivity contribution in [3.8, 4) is 11.1 Å². The molecule has 1 aliphatic heterocycles. The van der Waals surface area contributed by atoms with E-state index in [9.17, 15) is 4.79 Å².